The maximum Gasteiger partial charge on any atom is 0.227 e. The number of nitrogens with zero attached hydrogens (tertiary/aromatic N) is 2. The normalized spacial score (nSPS) is 18.4. The van der Waals surface area contributed by atoms with E-state index in [0.717, 1.165) is 69.5 Å². The van der Waals surface area contributed by atoms with Crippen molar-refractivity contribution in [3.05, 3.63) is 81.8 Å². The van der Waals surface area contributed by atoms with Crippen LogP contribution >= 0.6 is 23.2 Å². The molecule has 1 saturated heterocycles. The van der Waals surface area contributed by atoms with Gasteiger partial charge in [-0.25, -0.2) is 0 Å². The number of piperazine rings is 1. The Bertz CT molecular complexity index is 1320. The third-order valence-electron chi connectivity index (χ3n) is 8.46. The fourth-order valence-electron chi connectivity index (χ4n) is 6.33. The molecular formula is C35H49Cl2N5O. The molecule has 1 amide bonds. The van der Waals surface area contributed by atoms with Crippen molar-refractivity contribution in [2.24, 2.45) is 17.4 Å². The predicted octanol–water partition coefficient (Wildman–Crippen LogP) is 5.91. The van der Waals surface area contributed by atoms with E-state index in [9.17, 15) is 4.79 Å². The number of carbonyl (C=O) groups excluding carboxylic acids is 1. The summed E-state index contributed by atoms with van der Waals surface area (Å²) in [6.07, 6.45) is 5.07. The van der Waals surface area contributed by atoms with Gasteiger partial charge in [0.05, 0.1) is 6.42 Å². The van der Waals surface area contributed by atoms with Crippen LogP contribution in [0.15, 0.2) is 60.7 Å². The Morgan fingerprint density at radius 1 is 0.977 bits per heavy atom. The van der Waals surface area contributed by atoms with Crippen LogP contribution in [0.1, 0.15) is 50.7 Å². The van der Waals surface area contributed by atoms with Gasteiger partial charge in [-0.2, -0.15) is 0 Å². The molecule has 0 saturated carbocycles. The first kappa shape index (κ1) is 33.7. The van der Waals surface area contributed by atoms with Gasteiger partial charge in [0.25, 0.3) is 0 Å². The smallest absolute Gasteiger partial charge is 0.227 e. The Morgan fingerprint density at radius 3 is 2.49 bits per heavy atom. The lowest BCUT2D eigenvalue weighted by Gasteiger charge is -2.48. The maximum absolute atomic E-state index is 14.0. The van der Waals surface area contributed by atoms with Gasteiger partial charge in [-0.3, -0.25) is 9.69 Å². The van der Waals surface area contributed by atoms with E-state index in [1.165, 1.54) is 10.8 Å². The number of rotatable bonds is 15. The molecule has 6 nitrogen and oxygen atoms in total. The second-order valence-corrected chi connectivity index (χ2v) is 13.4. The Balaban J connectivity index is 1.49. The fraction of sp³-hybridized carbons (Fsp3) is 0.514. The molecule has 0 radical (unpaired) electrons. The number of hydrogen-bond acceptors (Lipinski definition) is 5. The van der Waals surface area contributed by atoms with Gasteiger partial charge < -0.3 is 21.7 Å². The predicted molar refractivity (Wildman–Crippen MR) is 182 cm³/mol. The first-order valence-corrected chi connectivity index (χ1v) is 16.6. The van der Waals surface area contributed by atoms with E-state index < -0.39 is 0 Å². The van der Waals surface area contributed by atoms with Crippen LogP contribution in [0.25, 0.3) is 10.8 Å². The van der Waals surface area contributed by atoms with Crippen LogP contribution in [0.3, 0.4) is 0 Å². The third-order valence-corrected chi connectivity index (χ3v) is 9.04. The van der Waals surface area contributed by atoms with Crippen molar-refractivity contribution in [3.63, 3.8) is 0 Å². The second-order valence-electron chi connectivity index (χ2n) is 12.5. The zero-order valence-electron chi connectivity index (χ0n) is 25.8. The van der Waals surface area contributed by atoms with Gasteiger partial charge >= 0.3 is 0 Å². The minimum atomic E-state index is -0.0802. The van der Waals surface area contributed by atoms with E-state index in [1.807, 2.05) is 24.3 Å². The van der Waals surface area contributed by atoms with Crippen molar-refractivity contribution in [1.82, 2.24) is 15.1 Å². The minimum absolute atomic E-state index is 0.0802. The Morgan fingerprint density at radius 2 is 1.74 bits per heavy atom. The fourth-order valence-corrected chi connectivity index (χ4v) is 6.82. The lowest BCUT2D eigenvalue weighted by molar-refractivity contribution is -0.138. The summed E-state index contributed by atoms with van der Waals surface area (Å²) in [6, 6.07) is 20.6. The van der Waals surface area contributed by atoms with Crippen LogP contribution in [0.4, 0.5) is 0 Å². The zero-order valence-corrected chi connectivity index (χ0v) is 27.3. The monoisotopic (exact) mass is 625 g/mol. The molecule has 5 N–H and O–H groups in total. The van der Waals surface area contributed by atoms with E-state index in [2.05, 4.69) is 59.3 Å². The van der Waals surface area contributed by atoms with Gasteiger partial charge in [0.15, 0.2) is 0 Å². The van der Waals surface area contributed by atoms with Gasteiger partial charge in [0.2, 0.25) is 5.91 Å². The van der Waals surface area contributed by atoms with Crippen LogP contribution < -0.4 is 16.8 Å². The average molecular weight is 627 g/mol. The van der Waals surface area contributed by atoms with Crippen LogP contribution in [-0.2, 0) is 17.6 Å². The molecule has 0 spiro atoms. The summed E-state index contributed by atoms with van der Waals surface area (Å²) in [6.45, 7) is 9.36. The molecule has 1 fully saturated rings. The summed E-state index contributed by atoms with van der Waals surface area (Å²) in [5, 5.41) is 7.17. The van der Waals surface area contributed by atoms with Crippen LogP contribution in [0.2, 0.25) is 10.0 Å². The van der Waals surface area contributed by atoms with Crippen molar-refractivity contribution < 1.29 is 4.79 Å². The highest BCUT2D eigenvalue weighted by Crippen LogP contribution is 2.27. The quantitative estimate of drug-likeness (QED) is 0.183. The zero-order chi connectivity index (χ0) is 30.8. The molecular weight excluding hydrogens is 577 g/mol. The van der Waals surface area contributed by atoms with Gasteiger partial charge in [-0.05, 0) is 91.7 Å². The summed E-state index contributed by atoms with van der Waals surface area (Å²) < 4.78 is 0. The number of hydrogen-bond donors (Lipinski definition) is 3. The molecule has 3 aromatic carbocycles. The van der Waals surface area contributed by atoms with E-state index in [0.29, 0.717) is 35.3 Å². The highest BCUT2D eigenvalue weighted by Gasteiger charge is 2.36. The van der Waals surface area contributed by atoms with Crippen molar-refractivity contribution in [2.75, 3.05) is 39.3 Å². The maximum atomic E-state index is 14.0. The van der Waals surface area contributed by atoms with Crippen molar-refractivity contribution >= 4 is 39.9 Å². The number of benzene rings is 3. The molecule has 1 aliphatic heterocycles. The molecule has 1 aliphatic rings. The molecule has 1 heterocycles. The first-order chi connectivity index (χ1) is 20.7. The molecule has 4 rings (SSSR count). The number of nitrogens with one attached hydrogen (secondary N) is 1. The molecule has 0 aliphatic carbocycles. The molecule has 43 heavy (non-hydrogen) atoms. The standard InChI is InChI=1S/C35H49Cl2N5O/c1-25(2)17-33-23-41(22-31(39)20-29-12-13-30(36)21-34(29)37)32(9-5-15-40-16-6-14-38)24-42(33)35(43)19-26-10-11-27-7-3-4-8-28(27)18-26/h3-4,7-8,10-13,18,21,25,31-33,40H,5-6,9,14-17,19-20,22-24,38-39H2,1-2H3/t31-,32+,33-/m1/s1. The first-order valence-electron chi connectivity index (χ1n) is 15.8. The summed E-state index contributed by atoms with van der Waals surface area (Å²) in [5.41, 5.74) is 14.5. The highest BCUT2D eigenvalue weighted by atomic mass is 35.5. The van der Waals surface area contributed by atoms with Crippen molar-refractivity contribution in [3.8, 4) is 0 Å². The van der Waals surface area contributed by atoms with Gasteiger partial charge in [0.1, 0.15) is 0 Å². The van der Waals surface area contributed by atoms with E-state index >= 15 is 0 Å². The Hall–Kier alpha value is -2.19. The van der Waals surface area contributed by atoms with E-state index in [4.69, 9.17) is 34.7 Å². The summed E-state index contributed by atoms with van der Waals surface area (Å²) in [7, 11) is 0. The Labute approximate surface area is 268 Å². The molecule has 0 aromatic heterocycles. The van der Waals surface area contributed by atoms with E-state index in [-0.39, 0.29) is 24.0 Å². The molecule has 3 atom stereocenters. The topological polar surface area (TPSA) is 87.6 Å². The lowest BCUT2D eigenvalue weighted by atomic mass is 9.94. The largest absolute Gasteiger partial charge is 0.337 e. The van der Waals surface area contributed by atoms with Crippen LogP contribution in [0, 0.1) is 5.92 Å². The molecule has 0 unspecified atom stereocenters. The number of fused-ring (bicyclic) bond motifs is 1. The molecule has 234 valence electrons. The molecule has 0 bridgehead atoms. The van der Waals surface area contributed by atoms with Gasteiger partial charge in [0, 0.05) is 47.8 Å². The lowest BCUT2D eigenvalue weighted by Crippen LogP contribution is -2.62. The Kier molecular flexibility index (Phi) is 13.1. The number of amides is 1. The van der Waals surface area contributed by atoms with Gasteiger partial charge in [-0.1, -0.05) is 85.6 Å². The van der Waals surface area contributed by atoms with E-state index in [1.54, 1.807) is 6.07 Å². The SMILES string of the molecule is CC(C)C[C@@H]1CN(C[C@H](N)Cc2ccc(Cl)cc2Cl)[C@@H](CCCNCCCN)CN1C(=O)Cc1ccc2ccccc2c1. The summed E-state index contributed by atoms with van der Waals surface area (Å²) in [4.78, 5) is 18.7. The molecule has 3 aromatic rings. The number of halogens is 2. The van der Waals surface area contributed by atoms with Crippen LogP contribution in [-0.4, -0.2) is 73.1 Å². The van der Waals surface area contributed by atoms with Crippen molar-refractivity contribution in [1.29, 1.82) is 0 Å². The molecule has 8 heteroatoms. The number of carbonyl (C=O) groups is 1. The highest BCUT2D eigenvalue weighted by molar-refractivity contribution is 6.35. The van der Waals surface area contributed by atoms with Crippen LogP contribution in [0.5, 0.6) is 0 Å². The number of nitrogens with two attached hydrogens (primary N) is 2. The third kappa shape index (κ3) is 10.2. The summed E-state index contributed by atoms with van der Waals surface area (Å²) >= 11 is 12.6. The minimum Gasteiger partial charge on any atom is -0.337 e. The van der Waals surface area contributed by atoms with Gasteiger partial charge in [-0.15, -0.1) is 0 Å². The average Bonchev–Trinajstić information content (AvgIpc) is 2.97. The second kappa shape index (κ2) is 16.8. The van der Waals surface area contributed by atoms with Crippen molar-refractivity contribution in [2.45, 2.75) is 70.5 Å². The summed E-state index contributed by atoms with van der Waals surface area (Å²) in [5.74, 6) is 0.691.